The van der Waals surface area contributed by atoms with E-state index in [1.807, 2.05) is 6.07 Å². The number of pyridine rings is 1. The molecule has 1 aliphatic rings. The van der Waals surface area contributed by atoms with Crippen molar-refractivity contribution in [1.29, 1.82) is 5.26 Å². The monoisotopic (exact) mass is 231 g/mol. The Balaban J connectivity index is 2.24. The fourth-order valence-corrected chi connectivity index (χ4v) is 2.34. The molecular weight excluding hydrogens is 214 g/mol. The van der Waals surface area contributed by atoms with Gasteiger partial charge in [0, 0.05) is 18.2 Å². The lowest BCUT2D eigenvalue weighted by Crippen LogP contribution is -2.31. The van der Waals surface area contributed by atoms with E-state index < -0.39 is 0 Å². The SMILES string of the molecule is COc1cnc(C2CCCN(C)C2)cc1C#N. The molecule has 1 aromatic rings. The zero-order valence-corrected chi connectivity index (χ0v) is 10.3. The largest absolute Gasteiger partial charge is 0.494 e. The molecular formula is C13H17N3O. The minimum absolute atomic E-state index is 0.437. The van der Waals surface area contributed by atoms with Crippen molar-refractivity contribution in [3.63, 3.8) is 0 Å². The summed E-state index contributed by atoms with van der Waals surface area (Å²) in [4.78, 5) is 6.73. The van der Waals surface area contributed by atoms with Crippen LogP contribution < -0.4 is 4.74 Å². The Hall–Kier alpha value is -1.60. The van der Waals surface area contributed by atoms with Crippen LogP contribution in [0.5, 0.6) is 5.75 Å². The highest BCUT2D eigenvalue weighted by Gasteiger charge is 2.21. The Labute approximate surface area is 102 Å². The zero-order chi connectivity index (χ0) is 12.3. The summed E-state index contributed by atoms with van der Waals surface area (Å²) in [5.41, 5.74) is 1.58. The third kappa shape index (κ3) is 2.56. The Bertz CT molecular complexity index is 439. The molecule has 2 heterocycles. The quantitative estimate of drug-likeness (QED) is 0.778. The van der Waals surface area contributed by atoms with E-state index in [-0.39, 0.29) is 0 Å². The Morgan fingerprint density at radius 1 is 1.59 bits per heavy atom. The van der Waals surface area contributed by atoms with Gasteiger partial charge in [0.05, 0.1) is 18.9 Å². The van der Waals surface area contributed by atoms with E-state index in [0.29, 0.717) is 17.2 Å². The van der Waals surface area contributed by atoms with E-state index in [9.17, 15) is 0 Å². The third-order valence-electron chi connectivity index (χ3n) is 3.27. The maximum atomic E-state index is 9.06. The van der Waals surface area contributed by atoms with Gasteiger partial charge in [-0.15, -0.1) is 0 Å². The summed E-state index contributed by atoms with van der Waals surface area (Å²) in [5.74, 6) is 0.993. The van der Waals surface area contributed by atoms with Crippen molar-refractivity contribution < 1.29 is 4.74 Å². The first kappa shape index (κ1) is 11.9. The van der Waals surface area contributed by atoms with Crippen LogP contribution in [0, 0.1) is 11.3 Å². The number of likely N-dealkylation sites (N-methyl/N-ethyl adjacent to an activating group) is 1. The fraction of sp³-hybridized carbons (Fsp3) is 0.538. The summed E-state index contributed by atoms with van der Waals surface area (Å²) in [5, 5.41) is 9.06. The molecule has 0 aliphatic carbocycles. The smallest absolute Gasteiger partial charge is 0.154 e. The Kier molecular flexibility index (Phi) is 3.60. The van der Waals surface area contributed by atoms with Gasteiger partial charge in [-0.3, -0.25) is 4.98 Å². The number of ether oxygens (including phenoxy) is 1. The van der Waals surface area contributed by atoms with Gasteiger partial charge in [0.15, 0.2) is 5.75 Å². The molecule has 0 radical (unpaired) electrons. The van der Waals surface area contributed by atoms with Crippen LogP contribution in [0.1, 0.15) is 30.0 Å². The number of likely N-dealkylation sites (tertiary alicyclic amines) is 1. The first-order chi connectivity index (χ1) is 8.24. The molecule has 90 valence electrons. The molecule has 0 amide bonds. The second-order valence-corrected chi connectivity index (χ2v) is 4.52. The molecule has 1 saturated heterocycles. The van der Waals surface area contributed by atoms with E-state index in [4.69, 9.17) is 10.00 Å². The molecule has 2 rings (SSSR count). The first-order valence-corrected chi connectivity index (χ1v) is 5.87. The molecule has 4 nitrogen and oxygen atoms in total. The van der Waals surface area contributed by atoms with Gasteiger partial charge in [-0.25, -0.2) is 0 Å². The van der Waals surface area contributed by atoms with Crippen molar-refractivity contribution in [2.45, 2.75) is 18.8 Å². The molecule has 0 saturated carbocycles. The minimum Gasteiger partial charge on any atom is -0.494 e. The van der Waals surface area contributed by atoms with Gasteiger partial charge in [0.2, 0.25) is 0 Å². The summed E-state index contributed by atoms with van der Waals surface area (Å²) >= 11 is 0. The zero-order valence-electron chi connectivity index (χ0n) is 10.3. The number of rotatable bonds is 2. The van der Waals surface area contributed by atoms with Crippen LogP contribution in [0.4, 0.5) is 0 Å². The number of hydrogen-bond donors (Lipinski definition) is 0. The lowest BCUT2D eigenvalue weighted by molar-refractivity contribution is 0.248. The van der Waals surface area contributed by atoms with E-state index >= 15 is 0 Å². The van der Waals surface area contributed by atoms with Crippen molar-refractivity contribution in [2.24, 2.45) is 0 Å². The first-order valence-electron chi connectivity index (χ1n) is 5.87. The summed E-state index contributed by atoms with van der Waals surface area (Å²) in [7, 11) is 3.69. The normalized spacial score (nSPS) is 20.9. The summed E-state index contributed by atoms with van der Waals surface area (Å²) in [6.45, 7) is 2.17. The van der Waals surface area contributed by atoms with Crippen LogP contribution in [0.3, 0.4) is 0 Å². The summed E-state index contributed by atoms with van der Waals surface area (Å²) < 4.78 is 5.10. The molecule has 1 aliphatic heterocycles. The third-order valence-corrected chi connectivity index (χ3v) is 3.27. The van der Waals surface area contributed by atoms with Crippen LogP contribution >= 0.6 is 0 Å². The average Bonchev–Trinajstić information content (AvgIpc) is 2.38. The predicted octanol–water partition coefficient (Wildman–Crippen LogP) is 1.77. The maximum absolute atomic E-state index is 9.06. The number of hydrogen-bond acceptors (Lipinski definition) is 4. The summed E-state index contributed by atoms with van der Waals surface area (Å²) in [6.07, 6.45) is 3.99. The highest BCUT2D eigenvalue weighted by molar-refractivity contribution is 5.42. The van der Waals surface area contributed by atoms with E-state index in [1.54, 1.807) is 13.3 Å². The highest BCUT2D eigenvalue weighted by Crippen LogP contribution is 2.27. The van der Waals surface area contributed by atoms with Crippen LogP contribution in [-0.4, -0.2) is 37.1 Å². The highest BCUT2D eigenvalue weighted by atomic mass is 16.5. The van der Waals surface area contributed by atoms with Crippen LogP contribution in [-0.2, 0) is 0 Å². The maximum Gasteiger partial charge on any atom is 0.154 e. The summed E-state index contributed by atoms with van der Waals surface area (Å²) in [6, 6.07) is 4.02. The van der Waals surface area contributed by atoms with Gasteiger partial charge in [0.25, 0.3) is 0 Å². The van der Waals surface area contributed by atoms with Crippen LogP contribution in [0.15, 0.2) is 12.3 Å². The Morgan fingerprint density at radius 3 is 3.06 bits per heavy atom. The van der Waals surface area contributed by atoms with Crippen LogP contribution in [0.2, 0.25) is 0 Å². The molecule has 4 heteroatoms. The lowest BCUT2D eigenvalue weighted by atomic mass is 9.94. The topological polar surface area (TPSA) is 49.1 Å². The Morgan fingerprint density at radius 2 is 2.41 bits per heavy atom. The van der Waals surface area contributed by atoms with Crippen molar-refractivity contribution in [3.05, 3.63) is 23.5 Å². The number of aromatic nitrogens is 1. The van der Waals surface area contributed by atoms with Crippen molar-refractivity contribution >= 4 is 0 Å². The standard InChI is InChI=1S/C13H17N3O/c1-16-5-3-4-10(9-16)12-6-11(7-14)13(17-2)8-15-12/h6,8,10H,3-5,9H2,1-2H3. The lowest BCUT2D eigenvalue weighted by Gasteiger charge is -2.29. The van der Waals surface area contributed by atoms with Gasteiger partial charge in [0.1, 0.15) is 6.07 Å². The van der Waals surface area contributed by atoms with E-state index in [0.717, 1.165) is 25.2 Å². The average molecular weight is 231 g/mol. The minimum atomic E-state index is 0.437. The number of nitriles is 1. The van der Waals surface area contributed by atoms with Crippen molar-refractivity contribution in [2.75, 3.05) is 27.2 Å². The van der Waals surface area contributed by atoms with Crippen LogP contribution in [0.25, 0.3) is 0 Å². The van der Waals surface area contributed by atoms with Crippen molar-refractivity contribution in [3.8, 4) is 11.8 Å². The van der Waals surface area contributed by atoms with Gasteiger partial charge in [-0.05, 0) is 32.5 Å². The van der Waals surface area contributed by atoms with Gasteiger partial charge < -0.3 is 9.64 Å². The van der Waals surface area contributed by atoms with Gasteiger partial charge in [-0.2, -0.15) is 5.26 Å². The molecule has 17 heavy (non-hydrogen) atoms. The molecule has 1 atom stereocenters. The second kappa shape index (κ2) is 5.15. The molecule has 0 spiro atoms. The van der Waals surface area contributed by atoms with Gasteiger partial charge in [-0.1, -0.05) is 0 Å². The predicted molar refractivity (Wildman–Crippen MR) is 65.0 cm³/mol. The molecule has 0 bridgehead atoms. The molecule has 1 unspecified atom stereocenters. The number of nitrogens with zero attached hydrogens (tertiary/aromatic N) is 3. The fourth-order valence-electron chi connectivity index (χ4n) is 2.34. The molecule has 1 fully saturated rings. The molecule has 0 aromatic carbocycles. The van der Waals surface area contributed by atoms with Crippen molar-refractivity contribution in [1.82, 2.24) is 9.88 Å². The van der Waals surface area contributed by atoms with E-state index in [2.05, 4.69) is 23.0 Å². The second-order valence-electron chi connectivity index (χ2n) is 4.52. The van der Waals surface area contributed by atoms with E-state index in [1.165, 1.54) is 6.42 Å². The van der Waals surface area contributed by atoms with Gasteiger partial charge >= 0.3 is 0 Å². The number of methoxy groups -OCH3 is 1. The molecule has 0 N–H and O–H groups in total. The molecule has 1 aromatic heterocycles. The number of piperidine rings is 1.